The first-order valence-electron chi connectivity index (χ1n) is 5.85. The van der Waals surface area contributed by atoms with Crippen molar-refractivity contribution >= 4 is 46.7 Å². The lowest BCUT2D eigenvalue weighted by Crippen LogP contribution is -2.23. The van der Waals surface area contributed by atoms with E-state index in [-0.39, 0.29) is 41.6 Å². The first kappa shape index (κ1) is 22.4. The van der Waals surface area contributed by atoms with Gasteiger partial charge in [-0.3, -0.25) is 0 Å². The molecule has 1 atom stereocenters. The number of halogens is 2. The summed E-state index contributed by atoms with van der Waals surface area (Å²) in [6, 6.07) is 1.57. The van der Waals surface area contributed by atoms with Crippen molar-refractivity contribution in [3.05, 3.63) is 23.9 Å². The van der Waals surface area contributed by atoms with Crippen molar-refractivity contribution in [1.82, 2.24) is 9.29 Å². The largest absolute Gasteiger partial charge is 0.383 e. The molecule has 0 amide bonds. The number of nitrogen functional groups attached to an aromatic ring is 1. The smallest absolute Gasteiger partial charge is 0.246 e. The van der Waals surface area contributed by atoms with Crippen LogP contribution in [0.2, 0.25) is 0 Å². The summed E-state index contributed by atoms with van der Waals surface area (Å²) < 4.78 is 25.2. The molecule has 1 aromatic heterocycles. The number of pyridine rings is 1. The van der Waals surface area contributed by atoms with Gasteiger partial charge in [-0.05, 0) is 25.0 Å². The molecule has 4 N–H and O–H groups in total. The Morgan fingerprint density at radius 1 is 1.38 bits per heavy atom. The molecule has 1 heterocycles. The van der Waals surface area contributed by atoms with Crippen LogP contribution < -0.4 is 11.5 Å². The predicted octanol–water partition coefficient (Wildman–Crippen LogP) is 1.51. The third-order valence-corrected chi connectivity index (χ3v) is 4.32. The van der Waals surface area contributed by atoms with Crippen LogP contribution in [0.1, 0.15) is 18.9 Å². The van der Waals surface area contributed by atoms with Gasteiger partial charge >= 0.3 is 0 Å². The summed E-state index contributed by atoms with van der Waals surface area (Å²) >= 11 is 0. The third kappa shape index (κ3) is 6.19. The maximum Gasteiger partial charge on any atom is 0.246 e. The molecule has 21 heavy (non-hydrogen) atoms. The van der Waals surface area contributed by atoms with Crippen LogP contribution in [0.3, 0.4) is 0 Å². The fraction of sp³-hybridized carbons (Fsp3) is 0.417. The van der Waals surface area contributed by atoms with E-state index in [1.165, 1.54) is 26.4 Å². The Kier molecular flexibility index (Phi) is 9.84. The van der Waals surface area contributed by atoms with Crippen molar-refractivity contribution in [2.45, 2.75) is 24.3 Å². The van der Waals surface area contributed by atoms with E-state index in [0.717, 1.165) is 4.31 Å². The fourth-order valence-corrected chi connectivity index (χ4v) is 2.38. The summed E-state index contributed by atoms with van der Waals surface area (Å²) in [5.74, 6) is -0.00181. The molecular formula is C12H22Cl2N4O2S. The van der Waals surface area contributed by atoms with Gasteiger partial charge in [0.15, 0.2) is 0 Å². The lowest BCUT2D eigenvalue weighted by molar-refractivity contribution is 0.521. The van der Waals surface area contributed by atoms with Crippen molar-refractivity contribution in [3.63, 3.8) is 0 Å². The maximum atomic E-state index is 12.0. The lowest BCUT2D eigenvalue weighted by Gasteiger charge is -2.13. The molecule has 0 aliphatic carbocycles. The van der Waals surface area contributed by atoms with Crippen molar-refractivity contribution in [2.75, 3.05) is 19.8 Å². The van der Waals surface area contributed by atoms with Crippen molar-refractivity contribution < 1.29 is 8.42 Å². The van der Waals surface area contributed by atoms with Crippen LogP contribution in [0, 0.1) is 0 Å². The minimum atomic E-state index is -3.58. The van der Waals surface area contributed by atoms with Crippen LogP contribution in [-0.2, 0) is 10.0 Å². The highest BCUT2D eigenvalue weighted by Crippen LogP contribution is 2.20. The van der Waals surface area contributed by atoms with Gasteiger partial charge in [0.1, 0.15) is 10.7 Å². The van der Waals surface area contributed by atoms with Gasteiger partial charge in [-0.1, -0.05) is 12.2 Å². The molecule has 1 rings (SSSR count). The second-order valence-corrected chi connectivity index (χ2v) is 6.68. The zero-order chi connectivity index (χ0) is 14.6. The number of nitrogens with two attached hydrogens (primary N) is 2. The maximum absolute atomic E-state index is 12.0. The van der Waals surface area contributed by atoms with E-state index < -0.39 is 10.0 Å². The Labute approximate surface area is 138 Å². The molecule has 0 aliphatic heterocycles. The topological polar surface area (TPSA) is 102 Å². The van der Waals surface area contributed by atoms with Gasteiger partial charge in [0.05, 0.1) is 0 Å². The molecular weight excluding hydrogens is 335 g/mol. The van der Waals surface area contributed by atoms with Crippen molar-refractivity contribution in [3.8, 4) is 0 Å². The molecule has 0 fully saturated rings. The first-order chi connectivity index (χ1) is 8.75. The minimum Gasteiger partial charge on any atom is -0.383 e. The third-order valence-electron chi connectivity index (χ3n) is 2.48. The van der Waals surface area contributed by atoms with E-state index in [1.54, 1.807) is 6.08 Å². The zero-order valence-electron chi connectivity index (χ0n) is 12.2. The summed E-state index contributed by atoms with van der Waals surface area (Å²) in [4.78, 5) is 3.93. The summed E-state index contributed by atoms with van der Waals surface area (Å²) in [5.41, 5.74) is 11.9. The van der Waals surface area contributed by atoms with E-state index in [0.29, 0.717) is 12.0 Å². The molecule has 0 aliphatic rings. The molecule has 0 aromatic carbocycles. The lowest BCUT2D eigenvalue weighted by atomic mass is 10.2. The molecule has 1 aromatic rings. The molecule has 122 valence electrons. The Hall–Kier alpha value is -0.860. The normalized spacial score (nSPS) is 12.8. The quantitative estimate of drug-likeness (QED) is 0.832. The minimum absolute atomic E-state index is 0. The second-order valence-electron chi connectivity index (χ2n) is 4.55. The number of rotatable bonds is 5. The summed E-state index contributed by atoms with van der Waals surface area (Å²) in [6.07, 6.45) is 5.90. The molecule has 0 saturated heterocycles. The second kappa shape index (κ2) is 9.22. The van der Waals surface area contributed by atoms with E-state index in [4.69, 9.17) is 11.5 Å². The number of aromatic nitrogens is 1. The van der Waals surface area contributed by atoms with Crippen LogP contribution >= 0.6 is 24.8 Å². The zero-order valence-corrected chi connectivity index (χ0v) is 14.6. The van der Waals surface area contributed by atoms with Gasteiger partial charge in [-0.25, -0.2) is 17.7 Å². The molecule has 6 nitrogen and oxygen atoms in total. The Morgan fingerprint density at radius 2 is 1.95 bits per heavy atom. The molecule has 0 bridgehead atoms. The van der Waals surface area contributed by atoms with E-state index in [1.807, 2.05) is 13.0 Å². The monoisotopic (exact) mass is 356 g/mol. The summed E-state index contributed by atoms with van der Waals surface area (Å²) in [6.45, 7) is 1.90. The standard InChI is InChI=1S/C12H20N4O2S.2ClH/c1-9(13)5-4-6-10-7-11(12(14)15-8-10)19(17,18)16(2)3;;/h4,6-9H,5,13H2,1-3H3,(H2,14,15);2*1H/b6-4+;;/t9-;;/m0../s1. The van der Waals surface area contributed by atoms with Gasteiger partial charge in [-0.2, -0.15) is 0 Å². The summed E-state index contributed by atoms with van der Waals surface area (Å²) in [7, 11) is -0.681. The Bertz CT molecular complexity index is 575. The number of nitrogens with zero attached hydrogens (tertiary/aromatic N) is 2. The van der Waals surface area contributed by atoms with Crippen LogP contribution in [0.15, 0.2) is 23.2 Å². The van der Waals surface area contributed by atoms with E-state index in [2.05, 4.69) is 4.98 Å². The van der Waals surface area contributed by atoms with E-state index >= 15 is 0 Å². The van der Waals surface area contributed by atoms with Crippen molar-refractivity contribution in [1.29, 1.82) is 0 Å². The first-order valence-corrected chi connectivity index (χ1v) is 7.29. The van der Waals surface area contributed by atoms with Crippen LogP contribution in [0.5, 0.6) is 0 Å². The molecule has 0 radical (unpaired) electrons. The van der Waals surface area contributed by atoms with Crippen LogP contribution in [0.4, 0.5) is 5.82 Å². The SMILES string of the molecule is C[C@H](N)C/C=C/c1cnc(N)c(S(=O)(=O)N(C)C)c1.Cl.Cl. The molecule has 0 unspecified atom stereocenters. The van der Waals surface area contributed by atoms with Gasteiger partial charge in [-0.15, -0.1) is 24.8 Å². The highest BCUT2D eigenvalue weighted by molar-refractivity contribution is 7.89. The highest BCUT2D eigenvalue weighted by atomic mass is 35.5. The number of hydrogen-bond donors (Lipinski definition) is 2. The van der Waals surface area contributed by atoms with Crippen LogP contribution in [-0.4, -0.2) is 37.8 Å². The molecule has 0 spiro atoms. The van der Waals surface area contributed by atoms with Gasteiger partial charge in [0.2, 0.25) is 10.0 Å². The van der Waals surface area contributed by atoms with E-state index in [9.17, 15) is 8.42 Å². The Balaban J connectivity index is 0. The van der Waals surface area contributed by atoms with Gasteiger partial charge < -0.3 is 11.5 Å². The fourth-order valence-electron chi connectivity index (χ4n) is 1.38. The highest BCUT2D eigenvalue weighted by Gasteiger charge is 2.21. The van der Waals surface area contributed by atoms with Gasteiger partial charge in [0.25, 0.3) is 0 Å². The number of hydrogen-bond acceptors (Lipinski definition) is 5. The average molecular weight is 357 g/mol. The van der Waals surface area contributed by atoms with Crippen molar-refractivity contribution in [2.24, 2.45) is 5.73 Å². The van der Waals surface area contributed by atoms with Crippen LogP contribution in [0.25, 0.3) is 6.08 Å². The number of anilines is 1. The predicted molar refractivity (Wildman–Crippen MR) is 91.3 cm³/mol. The Morgan fingerprint density at radius 3 is 2.43 bits per heavy atom. The molecule has 0 saturated carbocycles. The number of sulfonamides is 1. The average Bonchev–Trinajstić information content (AvgIpc) is 2.30. The summed E-state index contributed by atoms with van der Waals surface area (Å²) in [5, 5.41) is 0. The van der Waals surface area contributed by atoms with Gasteiger partial charge in [0, 0.05) is 26.3 Å². The molecule has 9 heteroatoms.